The summed E-state index contributed by atoms with van der Waals surface area (Å²) in [5.74, 6) is 1.22. The minimum Gasteiger partial charge on any atom is -0.496 e. The number of methoxy groups -OCH3 is 1. The van der Waals surface area contributed by atoms with Crippen molar-refractivity contribution in [1.82, 2.24) is 24.7 Å². The second-order valence-corrected chi connectivity index (χ2v) is 9.87. The van der Waals surface area contributed by atoms with Crippen LogP contribution in [-0.2, 0) is 4.74 Å². The van der Waals surface area contributed by atoms with E-state index in [1.54, 1.807) is 24.4 Å². The highest BCUT2D eigenvalue weighted by molar-refractivity contribution is 5.85. The van der Waals surface area contributed by atoms with Crippen molar-refractivity contribution in [2.45, 2.75) is 31.3 Å². The summed E-state index contributed by atoms with van der Waals surface area (Å²) in [6.45, 7) is 3.09. The van der Waals surface area contributed by atoms with Crippen LogP contribution in [0, 0.1) is 5.82 Å². The molecule has 0 spiro atoms. The van der Waals surface area contributed by atoms with Gasteiger partial charge in [0.2, 0.25) is 0 Å². The van der Waals surface area contributed by atoms with E-state index in [-0.39, 0.29) is 35.9 Å². The molecular formula is C28H32ClFN8O2. The number of rotatable bonds is 7. The number of benzene rings is 1. The average Bonchev–Trinajstić information content (AvgIpc) is 3.66. The van der Waals surface area contributed by atoms with Crippen molar-refractivity contribution < 1.29 is 13.9 Å². The quantitative estimate of drug-likeness (QED) is 0.331. The van der Waals surface area contributed by atoms with Crippen molar-refractivity contribution in [2.24, 2.45) is 5.73 Å². The van der Waals surface area contributed by atoms with Crippen LogP contribution in [0.2, 0.25) is 0 Å². The fraction of sp³-hybridized carbons (Fsp3) is 0.357. The molecule has 10 nitrogen and oxygen atoms in total. The van der Waals surface area contributed by atoms with Gasteiger partial charge in [0.15, 0.2) is 5.82 Å². The zero-order chi connectivity index (χ0) is 26.8. The summed E-state index contributed by atoms with van der Waals surface area (Å²) in [5.41, 5.74) is 9.55. The molecule has 2 fully saturated rings. The Kier molecular flexibility index (Phi) is 8.43. The van der Waals surface area contributed by atoms with Gasteiger partial charge in [-0.25, -0.2) is 19.3 Å². The van der Waals surface area contributed by atoms with E-state index in [0.717, 1.165) is 55.8 Å². The SMILES string of the molecule is COc1cccc(F)c1-c1nccc(Nc2cc(N3CCC[C@H](N)C3)c(-c3cnn([C@H]4CCOC4)c3)cn2)n1.Cl. The van der Waals surface area contributed by atoms with Crippen LogP contribution in [0.4, 0.5) is 21.7 Å². The molecule has 12 heteroatoms. The lowest BCUT2D eigenvalue weighted by molar-refractivity contribution is 0.184. The lowest BCUT2D eigenvalue weighted by Gasteiger charge is -2.34. The number of nitrogens with one attached hydrogen (secondary N) is 1. The molecule has 0 amide bonds. The highest BCUT2D eigenvalue weighted by Gasteiger charge is 2.23. The van der Waals surface area contributed by atoms with E-state index in [4.69, 9.17) is 20.2 Å². The maximum Gasteiger partial charge on any atom is 0.168 e. The topological polar surface area (TPSA) is 116 Å². The van der Waals surface area contributed by atoms with Crippen molar-refractivity contribution in [3.8, 4) is 28.3 Å². The fourth-order valence-electron chi connectivity index (χ4n) is 5.20. The highest BCUT2D eigenvalue weighted by atomic mass is 35.5. The molecule has 3 N–H and O–H groups in total. The van der Waals surface area contributed by atoms with Crippen molar-refractivity contribution in [2.75, 3.05) is 43.6 Å². The van der Waals surface area contributed by atoms with Gasteiger partial charge in [-0.15, -0.1) is 12.4 Å². The number of piperidine rings is 1. The highest BCUT2D eigenvalue weighted by Crippen LogP contribution is 2.35. The van der Waals surface area contributed by atoms with Gasteiger partial charge in [0.1, 0.15) is 23.2 Å². The molecule has 0 aliphatic carbocycles. The molecule has 2 aliphatic rings. The Balaban J connectivity index is 0.00000323. The number of hydrogen-bond donors (Lipinski definition) is 2. The van der Waals surface area contributed by atoms with E-state index >= 15 is 0 Å². The van der Waals surface area contributed by atoms with Crippen LogP contribution in [-0.4, -0.2) is 64.2 Å². The zero-order valence-electron chi connectivity index (χ0n) is 22.2. The molecule has 0 bridgehead atoms. The van der Waals surface area contributed by atoms with Crippen LogP contribution in [0.3, 0.4) is 0 Å². The van der Waals surface area contributed by atoms with E-state index in [1.807, 2.05) is 23.1 Å². The second-order valence-electron chi connectivity index (χ2n) is 9.87. The maximum absolute atomic E-state index is 14.7. The van der Waals surface area contributed by atoms with Gasteiger partial charge >= 0.3 is 0 Å². The first-order chi connectivity index (χ1) is 19.1. The second kappa shape index (κ2) is 12.2. The first kappa shape index (κ1) is 27.8. The molecule has 1 aromatic carbocycles. The largest absolute Gasteiger partial charge is 0.496 e. The summed E-state index contributed by atoms with van der Waals surface area (Å²) >= 11 is 0. The Labute approximate surface area is 238 Å². The predicted molar refractivity (Wildman–Crippen MR) is 154 cm³/mol. The Bertz CT molecular complexity index is 1460. The molecule has 5 heterocycles. The van der Waals surface area contributed by atoms with E-state index in [0.29, 0.717) is 24.0 Å². The molecule has 2 atom stereocenters. The minimum atomic E-state index is -0.456. The molecule has 0 radical (unpaired) electrons. The molecule has 0 unspecified atom stereocenters. The van der Waals surface area contributed by atoms with Gasteiger partial charge in [-0.1, -0.05) is 6.07 Å². The van der Waals surface area contributed by atoms with Gasteiger partial charge in [0.05, 0.1) is 31.5 Å². The Hall–Kier alpha value is -3.80. The molecule has 6 rings (SSSR count). The van der Waals surface area contributed by atoms with Crippen LogP contribution < -0.4 is 20.7 Å². The lowest BCUT2D eigenvalue weighted by atomic mass is 10.0. The Morgan fingerprint density at radius 2 is 2.05 bits per heavy atom. The third-order valence-corrected chi connectivity index (χ3v) is 7.20. The maximum atomic E-state index is 14.7. The first-order valence-corrected chi connectivity index (χ1v) is 13.1. The monoisotopic (exact) mass is 566 g/mol. The average molecular weight is 567 g/mol. The fourth-order valence-corrected chi connectivity index (χ4v) is 5.20. The van der Waals surface area contributed by atoms with Gasteiger partial charge < -0.3 is 25.4 Å². The zero-order valence-corrected chi connectivity index (χ0v) is 23.0. The van der Waals surface area contributed by atoms with Crippen molar-refractivity contribution >= 4 is 29.7 Å². The van der Waals surface area contributed by atoms with Gasteiger partial charge in [-0.3, -0.25) is 4.68 Å². The van der Waals surface area contributed by atoms with Gasteiger partial charge in [0.25, 0.3) is 0 Å². The van der Waals surface area contributed by atoms with E-state index in [1.165, 1.54) is 13.2 Å². The summed E-state index contributed by atoms with van der Waals surface area (Å²) in [5, 5.41) is 7.89. The van der Waals surface area contributed by atoms with Crippen LogP contribution >= 0.6 is 12.4 Å². The number of ether oxygens (including phenoxy) is 2. The summed E-state index contributed by atoms with van der Waals surface area (Å²) in [7, 11) is 1.49. The Morgan fingerprint density at radius 3 is 2.85 bits per heavy atom. The number of hydrogen-bond acceptors (Lipinski definition) is 9. The summed E-state index contributed by atoms with van der Waals surface area (Å²) < 4.78 is 27.5. The third kappa shape index (κ3) is 5.72. The number of anilines is 3. The molecule has 40 heavy (non-hydrogen) atoms. The van der Waals surface area contributed by atoms with Crippen LogP contribution in [0.5, 0.6) is 5.75 Å². The third-order valence-electron chi connectivity index (χ3n) is 7.20. The molecule has 3 aromatic heterocycles. The van der Waals surface area contributed by atoms with E-state index in [9.17, 15) is 4.39 Å². The standard InChI is InChI=1S/C28H31FN8O2.ClH/c1-38-24-6-2-5-22(29)27(24)28-31-9-7-25(35-28)34-26-12-23(36-10-3-4-19(30)16-36)21(14-32-26)18-13-33-37(15-18)20-8-11-39-17-20;/h2,5-7,9,12-15,19-20H,3-4,8,10-11,16-17,30H2,1H3,(H,31,32,34,35);1H/t19-,20-;/m0./s1. The Morgan fingerprint density at radius 1 is 1.15 bits per heavy atom. The minimum absolute atomic E-state index is 0. The molecular weight excluding hydrogens is 535 g/mol. The molecule has 0 saturated carbocycles. The summed E-state index contributed by atoms with van der Waals surface area (Å²) in [4.78, 5) is 15.8. The lowest BCUT2D eigenvalue weighted by Crippen LogP contribution is -2.43. The summed E-state index contributed by atoms with van der Waals surface area (Å²) in [6, 6.07) is 8.71. The van der Waals surface area contributed by atoms with Crippen LogP contribution in [0.25, 0.3) is 22.5 Å². The molecule has 2 saturated heterocycles. The predicted octanol–water partition coefficient (Wildman–Crippen LogP) is 4.60. The van der Waals surface area contributed by atoms with Crippen LogP contribution in [0.1, 0.15) is 25.3 Å². The van der Waals surface area contributed by atoms with E-state index < -0.39 is 5.82 Å². The number of nitrogens with zero attached hydrogens (tertiary/aromatic N) is 6. The van der Waals surface area contributed by atoms with E-state index in [2.05, 4.69) is 31.5 Å². The van der Waals surface area contributed by atoms with Crippen molar-refractivity contribution in [3.05, 3.63) is 60.9 Å². The van der Waals surface area contributed by atoms with Crippen LogP contribution in [0.15, 0.2) is 55.1 Å². The number of aromatic nitrogens is 5. The van der Waals surface area contributed by atoms with Gasteiger partial charge in [-0.05, 0) is 37.5 Å². The summed E-state index contributed by atoms with van der Waals surface area (Å²) in [6.07, 6.45) is 10.4. The molecule has 210 valence electrons. The molecule has 4 aromatic rings. The molecule has 2 aliphatic heterocycles. The van der Waals surface area contributed by atoms with Crippen molar-refractivity contribution in [1.29, 1.82) is 0 Å². The number of halogens is 2. The number of nitrogens with two attached hydrogens (primary N) is 1. The number of pyridine rings is 1. The van der Waals surface area contributed by atoms with Gasteiger partial charge in [0, 0.05) is 67.2 Å². The van der Waals surface area contributed by atoms with Gasteiger partial charge in [-0.2, -0.15) is 5.10 Å². The first-order valence-electron chi connectivity index (χ1n) is 13.1. The van der Waals surface area contributed by atoms with Crippen molar-refractivity contribution in [3.63, 3.8) is 0 Å². The smallest absolute Gasteiger partial charge is 0.168 e. The normalized spacial score (nSPS) is 18.8.